The number of urea groups is 1. The minimum atomic E-state index is -5.00. The SMILES string of the molecule is Cc1cc(F)ccc1C1CC(N(C)CCF)CCN1C(=O)N(C)Cc1cc(C(F)(F)F)cc(C(F)(F)F)c1. The van der Waals surface area contributed by atoms with Crippen LogP contribution in [0.2, 0.25) is 0 Å². The zero-order valence-corrected chi connectivity index (χ0v) is 21.1. The van der Waals surface area contributed by atoms with E-state index >= 15 is 0 Å². The minimum absolute atomic E-state index is 0.0390. The maximum absolute atomic E-state index is 13.8. The summed E-state index contributed by atoms with van der Waals surface area (Å²) in [4.78, 5) is 17.9. The Morgan fingerprint density at radius 1 is 1.00 bits per heavy atom. The first-order chi connectivity index (χ1) is 17.6. The van der Waals surface area contributed by atoms with Gasteiger partial charge in [-0.1, -0.05) is 6.07 Å². The highest BCUT2D eigenvalue weighted by molar-refractivity contribution is 5.75. The van der Waals surface area contributed by atoms with Gasteiger partial charge in [0.15, 0.2) is 0 Å². The van der Waals surface area contributed by atoms with Crippen molar-refractivity contribution >= 4 is 6.03 Å². The maximum Gasteiger partial charge on any atom is 0.416 e. The summed E-state index contributed by atoms with van der Waals surface area (Å²) in [7, 11) is 3.06. The average Bonchev–Trinajstić information content (AvgIpc) is 2.82. The molecule has 1 heterocycles. The molecule has 0 saturated carbocycles. The Labute approximate surface area is 215 Å². The van der Waals surface area contributed by atoms with Crippen LogP contribution in [0.5, 0.6) is 0 Å². The molecule has 12 heteroatoms. The molecule has 1 aliphatic heterocycles. The zero-order chi connectivity index (χ0) is 28.4. The summed E-state index contributed by atoms with van der Waals surface area (Å²) in [6, 6.07) is 4.11. The predicted octanol–water partition coefficient (Wildman–Crippen LogP) is 6.83. The Morgan fingerprint density at radius 3 is 2.13 bits per heavy atom. The average molecular weight is 552 g/mol. The van der Waals surface area contributed by atoms with E-state index in [1.54, 1.807) is 20.0 Å². The lowest BCUT2D eigenvalue weighted by Crippen LogP contribution is -2.51. The van der Waals surface area contributed by atoms with Crippen LogP contribution in [0, 0.1) is 12.7 Å². The number of likely N-dealkylation sites (tertiary alicyclic amines) is 1. The highest BCUT2D eigenvalue weighted by Crippen LogP contribution is 2.38. The number of halogens is 8. The van der Waals surface area contributed by atoms with Crippen molar-refractivity contribution in [3.63, 3.8) is 0 Å². The maximum atomic E-state index is 13.8. The predicted molar refractivity (Wildman–Crippen MR) is 126 cm³/mol. The van der Waals surface area contributed by atoms with E-state index in [1.165, 1.54) is 24.1 Å². The Hall–Kier alpha value is -2.89. The van der Waals surface area contributed by atoms with Crippen molar-refractivity contribution in [3.05, 3.63) is 70.0 Å². The number of rotatable bonds is 6. The molecule has 4 nitrogen and oxygen atoms in total. The van der Waals surface area contributed by atoms with Gasteiger partial charge in [0.2, 0.25) is 0 Å². The topological polar surface area (TPSA) is 26.8 Å². The van der Waals surface area contributed by atoms with E-state index in [0.717, 1.165) is 4.90 Å². The van der Waals surface area contributed by atoms with Crippen molar-refractivity contribution in [1.29, 1.82) is 0 Å². The first-order valence-electron chi connectivity index (χ1n) is 11.9. The van der Waals surface area contributed by atoms with Gasteiger partial charge in [-0.2, -0.15) is 26.3 Å². The van der Waals surface area contributed by atoms with E-state index in [9.17, 15) is 39.9 Å². The number of hydrogen-bond donors (Lipinski definition) is 0. The summed E-state index contributed by atoms with van der Waals surface area (Å²) in [5.41, 5.74) is -2.00. The van der Waals surface area contributed by atoms with Gasteiger partial charge in [0.1, 0.15) is 12.5 Å². The minimum Gasteiger partial charge on any atom is -0.323 e. The smallest absolute Gasteiger partial charge is 0.323 e. The molecule has 0 bridgehead atoms. The molecule has 3 rings (SSSR count). The van der Waals surface area contributed by atoms with Gasteiger partial charge in [-0.05, 0) is 73.8 Å². The number of benzene rings is 2. The molecule has 1 aliphatic rings. The van der Waals surface area contributed by atoms with E-state index in [4.69, 9.17) is 0 Å². The fourth-order valence-corrected chi connectivity index (χ4v) is 4.87. The molecule has 0 aliphatic carbocycles. The number of hydrogen-bond acceptors (Lipinski definition) is 2. The summed E-state index contributed by atoms with van der Waals surface area (Å²) in [6.45, 7) is 1.02. The van der Waals surface area contributed by atoms with Crippen LogP contribution in [0.3, 0.4) is 0 Å². The highest BCUT2D eigenvalue weighted by Gasteiger charge is 2.38. The van der Waals surface area contributed by atoms with E-state index in [1.807, 2.05) is 4.90 Å². The second kappa shape index (κ2) is 11.5. The Bertz CT molecular complexity index is 1100. The van der Waals surface area contributed by atoms with Crippen LogP contribution in [0.4, 0.5) is 39.9 Å². The highest BCUT2D eigenvalue weighted by atomic mass is 19.4. The molecule has 0 aromatic heterocycles. The van der Waals surface area contributed by atoms with Gasteiger partial charge in [-0.3, -0.25) is 0 Å². The first kappa shape index (κ1) is 29.7. The molecule has 1 saturated heterocycles. The number of aryl methyl sites for hydroxylation is 1. The molecule has 2 atom stereocenters. The third-order valence-corrected chi connectivity index (χ3v) is 6.87. The third kappa shape index (κ3) is 6.95. The second-order valence-corrected chi connectivity index (χ2v) is 9.61. The number of carbonyl (C=O) groups is 1. The van der Waals surface area contributed by atoms with Crippen molar-refractivity contribution in [2.45, 2.75) is 50.7 Å². The largest absolute Gasteiger partial charge is 0.416 e. The molecule has 2 unspecified atom stereocenters. The van der Waals surface area contributed by atoms with Gasteiger partial charge < -0.3 is 14.7 Å². The number of amides is 2. The number of nitrogens with zero attached hydrogens (tertiary/aromatic N) is 3. The molecule has 2 amide bonds. The molecular weight excluding hydrogens is 522 g/mol. The lowest BCUT2D eigenvalue weighted by molar-refractivity contribution is -0.143. The van der Waals surface area contributed by atoms with Crippen LogP contribution in [0.1, 0.15) is 46.7 Å². The summed E-state index contributed by atoms with van der Waals surface area (Å²) < 4.78 is 106. The Morgan fingerprint density at radius 2 is 1.61 bits per heavy atom. The van der Waals surface area contributed by atoms with Crippen molar-refractivity contribution in [2.24, 2.45) is 0 Å². The van der Waals surface area contributed by atoms with Crippen LogP contribution in [0.15, 0.2) is 36.4 Å². The Balaban J connectivity index is 1.91. The summed E-state index contributed by atoms with van der Waals surface area (Å²) >= 11 is 0. The fourth-order valence-electron chi connectivity index (χ4n) is 4.87. The van der Waals surface area contributed by atoms with Gasteiger partial charge in [0, 0.05) is 32.7 Å². The molecular formula is C26H29F8N3O. The summed E-state index contributed by atoms with van der Waals surface area (Å²) in [5, 5.41) is 0. The summed E-state index contributed by atoms with van der Waals surface area (Å²) in [5.74, 6) is -0.465. The van der Waals surface area contributed by atoms with Gasteiger partial charge in [0.25, 0.3) is 0 Å². The molecule has 1 fully saturated rings. The Kier molecular flexibility index (Phi) is 8.95. The number of alkyl halides is 7. The van der Waals surface area contributed by atoms with E-state index < -0.39 is 54.6 Å². The lowest BCUT2D eigenvalue weighted by Gasteiger charge is -2.44. The summed E-state index contributed by atoms with van der Waals surface area (Å²) in [6.07, 6.45) is -9.13. The van der Waals surface area contributed by atoms with Crippen molar-refractivity contribution in [1.82, 2.24) is 14.7 Å². The molecule has 0 N–H and O–H groups in total. The molecule has 38 heavy (non-hydrogen) atoms. The van der Waals surface area contributed by atoms with Crippen molar-refractivity contribution in [3.8, 4) is 0 Å². The van der Waals surface area contributed by atoms with Crippen LogP contribution in [0.25, 0.3) is 0 Å². The monoisotopic (exact) mass is 551 g/mol. The van der Waals surface area contributed by atoms with Gasteiger partial charge >= 0.3 is 18.4 Å². The van der Waals surface area contributed by atoms with Crippen LogP contribution < -0.4 is 0 Å². The molecule has 0 radical (unpaired) electrons. The molecule has 2 aromatic rings. The quantitative estimate of drug-likeness (QED) is 0.368. The fraction of sp³-hybridized carbons (Fsp3) is 0.500. The second-order valence-electron chi connectivity index (χ2n) is 9.61. The van der Waals surface area contributed by atoms with Crippen LogP contribution in [-0.4, -0.2) is 60.6 Å². The van der Waals surface area contributed by atoms with Gasteiger partial charge in [0.05, 0.1) is 17.2 Å². The zero-order valence-electron chi connectivity index (χ0n) is 21.1. The van der Waals surface area contributed by atoms with E-state index in [2.05, 4.69) is 0 Å². The van der Waals surface area contributed by atoms with Crippen molar-refractivity contribution < 1.29 is 39.9 Å². The van der Waals surface area contributed by atoms with Gasteiger partial charge in [-0.15, -0.1) is 0 Å². The van der Waals surface area contributed by atoms with Crippen LogP contribution >= 0.6 is 0 Å². The third-order valence-electron chi connectivity index (χ3n) is 6.87. The van der Waals surface area contributed by atoms with Gasteiger partial charge in [-0.25, -0.2) is 13.6 Å². The molecule has 0 spiro atoms. The standard InChI is InChI=1S/C26H29F8N3O/c1-16-10-20(28)4-5-22(16)23-14-21(35(2)9-7-27)6-8-37(23)24(38)36(3)15-17-11-18(25(29,30)31)13-19(12-17)26(32,33)34/h4-5,10-13,21,23H,6-9,14-15H2,1-3H3. The number of carbonyl (C=O) groups excluding carboxylic acids is 1. The number of piperidine rings is 1. The molecule has 210 valence electrons. The van der Waals surface area contributed by atoms with Crippen LogP contribution in [-0.2, 0) is 18.9 Å². The van der Waals surface area contributed by atoms with E-state index in [-0.39, 0.29) is 30.8 Å². The van der Waals surface area contributed by atoms with E-state index in [0.29, 0.717) is 36.1 Å². The first-order valence-corrected chi connectivity index (χ1v) is 11.9. The normalized spacial score (nSPS) is 18.7. The van der Waals surface area contributed by atoms with Crippen molar-refractivity contribution in [2.75, 3.05) is 33.9 Å². The molecule has 2 aromatic carbocycles. The lowest BCUT2D eigenvalue weighted by atomic mass is 9.89.